The second kappa shape index (κ2) is 9.56. The number of benzene rings is 2. The zero-order chi connectivity index (χ0) is 19.8. The number of ether oxygens (including phenoxy) is 2. The molecule has 27 heavy (non-hydrogen) atoms. The third kappa shape index (κ3) is 5.44. The molecule has 0 aliphatic rings. The molecule has 2 amide bonds. The van der Waals surface area contributed by atoms with Crippen LogP contribution in [0.5, 0.6) is 11.5 Å². The van der Waals surface area contributed by atoms with Gasteiger partial charge in [0.05, 0.1) is 7.11 Å². The Morgan fingerprint density at radius 3 is 2.33 bits per heavy atom. The number of hydrogen-bond donors (Lipinski definition) is 1. The molecule has 0 aromatic heterocycles. The molecule has 144 valence electrons. The Hall–Kier alpha value is -3.09. The maximum atomic E-state index is 14.0. The Balaban J connectivity index is 2.12. The molecule has 0 saturated carbocycles. The second-order valence-electron chi connectivity index (χ2n) is 5.87. The number of rotatable bonds is 8. The topological polar surface area (TPSA) is 67.9 Å². The lowest BCUT2D eigenvalue weighted by Crippen LogP contribution is -2.48. The van der Waals surface area contributed by atoms with Gasteiger partial charge in [0.1, 0.15) is 23.4 Å². The van der Waals surface area contributed by atoms with E-state index in [4.69, 9.17) is 9.47 Å². The molecule has 0 fully saturated rings. The van der Waals surface area contributed by atoms with Gasteiger partial charge in [-0.1, -0.05) is 18.2 Å². The van der Waals surface area contributed by atoms with E-state index >= 15 is 0 Å². The predicted octanol–water partition coefficient (Wildman–Crippen LogP) is 2.38. The van der Waals surface area contributed by atoms with Crippen LogP contribution in [0.2, 0.25) is 0 Å². The number of hydrogen-bond acceptors (Lipinski definition) is 4. The van der Waals surface area contributed by atoms with Crippen molar-refractivity contribution in [3.05, 3.63) is 59.9 Å². The summed E-state index contributed by atoms with van der Waals surface area (Å²) in [5.74, 6) is -0.0459. The average Bonchev–Trinajstić information content (AvgIpc) is 2.70. The highest BCUT2D eigenvalue weighted by Crippen LogP contribution is 2.18. The molecule has 1 N–H and O–H groups in total. The number of amides is 2. The monoisotopic (exact) mass is 374 g/mol. The predicted molar refractivity (Wildman–Crippen MR) is 99.0 cm³/mol. The quantitative estimate of drug-likeness (QED) is 0.770. The van der Waals surface area contributed by atoms with Gasteiger partial charge in [-0.3, -0.25) is 9.59 Å². The minimum absolute atomic E-state index is 0.0356. The molecule has 0 saturated heterocycles. The summed E-state index contributed by atoms with van der Waals surface area (Å²) in [5, 5.41) is 2.51. The van der Waals surface area contributed by atoms with E-state index in [1.54, 1.807) is 56.5 Å². The van der Waals surface area contributed by atoms with E-state index in [9.17, 15) is 14.0 Å². The van der Waals surface area contributed by atoms with Crippen LogP contribution in [0, 0.1) is 5.82 Å². The van der Waals surface area contributed by atoms with Crippen LogP contribution in [0.3, 0.4) is 0 Å². The van der Waals surface area contributed by atoms with Crippen molar-refractivity contribution in [1.82, 2.24) is 10.2 Å². The summed E-state index contributed by atoms with van der Waals surface area (Å²) in [7, 11) is 3.04. The van der Waals surface area contributed by atoms with E-state index in [0.29, 0.717) is 17.1 Å². The molecule has 2 aromatic carbocycles. The number of halogens is 1. The average molecular weight is 374 g/mol. The number of carbonyl (C=O) groups excluding carboxylic acids is 2. The van der Waals surface area contributed by atoms with E-state index in [2.05, 4.69) is 5.32 Å². The number of carbonyl (C=O) groups is 2. The SMILES string of the molecule is CNC(=O)C(C)N(Cc1ccccc1F)C(=O)COc1ccc(OC)cc1. The Morgan fingerprint density at radius 1 is 1.11 bits per heavy atom. The molecular formula is C20H23FN2O4. The van der Waals surface area contributed by atoms with Gasteiger partial charge >= 0.3 is 0 Å². The van der Waals surface area contributed by atoms with E-state index in [-0.39, 0.29) is 19.1 Å². The van der Waals surface area contributed by atoms with E-state index in [1.807, 2.05) is 0 Å². The summed E-state index contributed by atoms with van der Waals surface area (Å²) in [5.41, 5.74) is 0.325. The van der Waals surface area contributed by atoms with Crippen LogP contribution in [-0.2, 0) is 16.1 Å². The van der Waals surface area contributed by atoms with Gasteiger partial charge in [-0.05, 0) is 37.3 Å². The van der Waals surface area contributed by atoms with Gasteiger partial charge in [0.15, 0.2) is 6.61 Å². The largest absolute Gasteiger partial charge is 0.497 e. The van der Waals surface area contributed by atoms with Gasteiger partial charge in [0, 0.05) is 19.2 Å². The van der Waals surface area contributed by atoms with Crippen LogP contribution in [0.25, 0.3) is 0 Å². The fourth-order valence-corrected chi connectivity index (χ4v) is 2.50. The summed E-state index contributed by atoms with van der Waals surface area (Å²) in [6, 6.07) is 12.1. The zero-order valence-electron chi connectivity index (χ0n) is 15.6. The van der Waals surface area contributed by atoms with Gasteiger partial charge in [-0.25, -0.2) is 4.39 Å². The molecule has 1 atom stereocenters. The molecule has 2 rings (SSSR count). The Morgan fingerprint density at radius 2 is 1.74 bits per heavy atom. The lowest BCUT2D eigenvalue weighted by Gasteiger charge is -2.28. The van der Waals surface area contributed by atoms with Gasteiger partial charge in [-0.15, -0.1) is 0 Å². The zero-order valence-corrected chi connectivity index (χ0v) is 15.6. The first-order valence-corrected chi connectivity index (χ1v) is 8.47. The number of methoxy groups -OCH3 is 1. The lowest BCUT2D eigenvalue weighted by molar-refractivity contribution is -0.142. The number of nitrogens with zero attached hydrogens (tertiary/aromatic N) is 1. The minimum Gasteiger partial charge on any atom is -0.497 e. The van der Waals surface area contributed by atoms with Gasteiger partial charge in [0.2, 0.25) is 5.91 Å². The summed E-state index contributed by atoms with van der Waals surface area (Å²) >= 11 is 0. The summed E-state index contributed by atoms with van der Waals surface area (Å²) in [6.45, 7) is 1.28. The van der Waals surface area contributed by atoms with Gasteiger partial charge in [0.25, 0.3) is 5.91 Å². The first kappa shape index (κ1) is 20.2. The summed E-state index contributed by atoms with van der Waals surface area (Å²) in [4.78, 5) is 26.0. The maximum Gasteiger partial charge on any atom is 0.261 e. The molecule has 0 spiro atoms. The van der Waals surface area contributed by atoms with Crippen LogP contribution in [0.4, 0.5) is 4.39 Å². The van der Waals surface area contributed by atoms with Crippen LogP contribution in [0.15, 0.2) is 48.5 Å². The van der Waals surface area contributed by atoms with E-state index in [1.165, 1.54) is 18.0 Å². The van der Waals surface area contributed by atoms with E-state index < -0.39 is 17.8 Å². The molecule has 0 heterocycles. The van der Waals surface area contributed by atoms with Crippen molar-refractivity contribution in [1.29, 1.82) is 0 Å². The molecular weight excluding hydrogens is 351 g/mol. The molecule has 0 aliphatic heterocycles. The third-order valence-electron chi connectivity index (χ3n) is 4.13. The Bertz CT molecular complexity index is 780. The molecule has 7 heteroatoms. The number of likely N-dealkylation sites (N-methyl/N-ethyl adjacent to an activating group) is 1. The van der Waals surface area contributed by atoms with Crippen molar-refractivity contribution in [3.8, 4) is 11.5 Å². The van der Waals surface area contributed by atoms with Crippen LogP contribution in [-0.4, -0.2) is 43.5 Å². The molecule has 0 radical (unpaired) electrons. The fraction of sp³-hybridized carbons (Fsp3) is 0.300. The first-order chi connectivity index (χ1) is 13.0. The number of nitrogens with one attached hydrogen (secondary N) is 1. The summed E-state index contributed by atoms with van der Waals surface area (Å²) < 4.78 is 24.6. The highest BCUT2D eigenvalue weighted by Gasteiger charge is 2.26. The van der Waals surface area contributed by atoms with Crippen molar-refractivity contribution >= 4 is 11.8 Å². The normalized spacial score (nSPS) is 11.4. The van der Waals surface area contributed by atoms with Crippen molar-refractivity contribution in [2.45, 2.75) is 19.5 Å². The van der Waals surface area contributed by atoms with Crippen molar-refractivity contribution in [2.24, 2.45) is 0 Å². The molecule has 0 aliphatic carbocycles. The van der Waals surface area contributed by atoms with Crippen LogP contribution in [0.1, 0.15) is 12.5 Å². The van der Waals surface area contributed by atoms with Crippen molar-refractivity contribution in [3.63, 3.8) is 0 Å². The van der Waals surface area contributed by atoms with Crippen molar-refractivity contribution < 1.29 is 23.5 Å². The van der Waals surface area contributed by atoms with Crippen molar-refractivity contribution in [2.75, 3.05) is 20.8 Å². The maximum absolute atomic E-state index is 14.0. The fourth-order valence-electron chi connectivity index (χ4n) is 2.50. The highest BCUT2D eigenvalue weighted by atomic mass is 19.1. The molecule has 1 unspecified atom stereocenters. The highest BCUT2D eigenvalue weighted by molar-refractivity contribution is 5.87. The smallest absolute Gasteiger partial charge is 0.261 e. The molecule has 0 bridgehead atoms. The lowest BCUT2D eigenvalue weighted by atomic mass is 10.1. The summed E-state index contributed by atoms with van der Waals surface area (Å²) in [6.07, 6.45) is 0. The van der Waals surface area contributed by atoms with Gasteiger partial charge < -0.3 is 19.7 Å². The van der Waals surface area contributed by atoms with Crippen LogP contribution >= 0.6 is 0 Å². The Labute approximate surface area is 157 Å². The molecule has 2 aromatic rings. The van der Waals surface area contributed by atoms with Gasteiger partial charge in [-0.2, -0.15) is 0 Å². The Kier molecular flexibility index (Phi) is 7.16. The molecule has 6 nitrogen and oxygen atoms in total. The van der Waals surface area contributed by atoms with E-state index in [0.717, 1.165) is 0 Å². The van der Waals surface area contributed by atoms with Crippen LogP contribution < -0.4 is 14.8 Å². The first-order valence-electron chi connectivity index (χ1n) is 8.47. The third-order valence-corrected chi connectivity index (χ3v) is 4.13. The minimum atomic E-state index is -0.776. The second-order valence-corrected chi connectivity index (χ2v) is 5.87. The standard InChI is InChI=1S/C20H23FN2O4/c1-14(20(25)22-2)23(12-15-6-4-5-7-18(15)21)19(24)13-27-17-10-8-16(26-3)9-11-17/h4-11,14H,12-13H2,1-3H3,(H,22,25).